The molecule has 0 aliphatic carbocycles. The lowest BCUT2D eigenvalue weighted by Gasteiger charge is -2.20. The molecule has 0 atom stereocenters. The number of carbonyl (C=O) groups is 1. The van der Waals surface area contributed by atoms with E-state index in [0.29, 0.717) is 40.4 Å². The first-order valence-corrected chi connectivity index (χ1v) is 10.7. The van der Waals surface area contributed by atoms with E-state index in [1.807, 2.05) is 50.3 Å². The number of halogens is 1. The number of carbonyl (C=O) groups excluding carboxylic acids is 1. The van der Waals surface area contributed by atoms with Crippen molar-refractivity contribution < 1.29 is 18.7 Å². The van der Waals surface area contributed by atoms with Crippen molar-refractivity contribution in [2.75, 3.05) is 20.3 Å². The van der Waals surface area contributed by atoms with Crippen LogP contribution in [0.1, 0.15) is 31.7 Å². The van der Waals surface area contributed by atoms with Gasteiger partial charge in [-0.3, -0.25) is 4.79 Å². The molecule has 0 unspecified atom stereocenters. The quantitative estimate of drug-likeness (QED) is 0.415. The van der Waals surface area contributed by atoms with Crippen LogP contribution < -0.4 is 9.47 Å². The van der Waals surface area contributed by atoms with Crippen molar-refractivity contribution in [2.24, 2.45) is 0 Å². The van der Waals surface area contributed by atoms with Crippen LogP contribution in [0, 0.1) is 0 Å². The molecule has 0 saturated carbocycles. The second-order valence-electron chi connectivity index (χ2n) is 7.00. The van der Waals surface area contributed by atoms with Gasteiger partial charge in [-0.05, 0) is 43.2 Å². The van der Waals surface area contributed by atoms with Crippen molar-refractivity contribution in [3.05, 3.63) is 65.0 Å². The van der Waals surface area contributed by atoms with Crippen molar-refractivity contribution >= 4 is 23.6 Å². The molecule has 1 heterocycles. The van der Waals surface area contributed by atoms with E-state index in [0.717, 1.165) is 12.0 Å². The van der Waals surface area contributed by atoms with E-state index < -0.39 is 0 Å². The molecule has 3 aromatic rings. The van der Waals surface area contributed by atoms with Gasteiger partial charge in [-0.1, -0.05) is 48.9 Å². The van der Waals surface area contributed by atoms with Crippen molar-refractivity contribution in [2.45, 2.75) is 26.8 Å². The van der Waals surface area contributed by atoms with Crippen LogP contribution in [0.25, 0.3) is 17.5 Å². The zero-order valence-corrected chi connectivity index (χ0v) is 19.1. The lowest BCUT2D eigenvalue weighted by Crippen LogP contribution is -2.35. The van der Waals surface area contributed by atoms with E-state index in [1.54, 1.807) is 30.2 Å². The van der Waals surface area contributed by atoms with Crippen LogP contribution in [0.15, 0.2) is 53.0 Å². The number of ether oxygens (including phenoxy) is 2. The minimum Gasteiger partial charge on any atom is -0.493 e. The fourth-order valence-corrected chi connectivity index (χ4v) is 3.33. The molecule has 1 aromatic heterocycles. The molecule has 0 saturated heterocycles. The Kier molecular flexibility index (Phi) is 8.27. The summed E-state index contributed by atoms with van der Waals surface area (Å²) in [6, 6.07) is 12.8. The molecule has 0 N–H and O–H groups in total. The highest BCUT2D eigenvalue weighted by atomic mass is 35.5. The molecule has 0 spiro atoms. The molecule has 32 heavy (non-hydrogen) atoms. The molecule has 2 aromatic carbocycles. The van der Waals surface area contributed by atoms with Gasteiger partial charge in [0.1, 0.15) is 0 Å². The topological polar surface area (TPSA) is 77.7 Å². The highest BCUT2D eigenvalue weighted by Crippen LogP contribution is 2.29. The van der Waals surface area contributed by atoms with E-state index >= 15 is 0 Å². The van der Waals surface area contributed by atoms with E-state index in [4.69, 9.17) is 25.5 Å². The Bertz CT molecular complexity index is 1080. The number of aromatic nitrogens is 2. The number of hydrogen-bond donors (Lipinski definition) is 0. The summed E-state index contributed by atoms with van der Waals surface area (Å²) in [6.07, 6.45) is 4.68. The molecule has 0 fully saturated rings. The molecule has 0 aliphatic rings. The van der Waals surface area contributed by atoms with Gasteiger partial charge in [0.2, 0.25) is 11.8 Å². The normalized spacial score (nSPS) is 11.0. The molecular formula is C24H26ClN3O4. The Labute approximate surface area is 192 Å². The first-order chi connectivity index (χ1) is 15.5. The average Bonchev–Trinajstić information content (AvgIpc) is 3.26. The van der Waals surface area contributed by atoms with E-state index in [-0.39, 0.29) is 19.1 Å². The van der Waals surface area contributed by atoms with E-state index in [1.165, 1.54) is 0 Å². The second-order valence-corrected chi connectivity index (χ2v) is 7.40. The first kappa shape index (κ1) is 23.3. The van der Waals surface area contributed by atoms with Crippen molar-refractivity contribution in [1.82, 2.24) is 15.1 Å². The third-order valence-corrected chi connectivity index (χ3v) is 4.97. The maximum absolute atomic E-state index is 12.8. The molecule has 7 nitrogen and oxygen atoms in total. The van der Waals surface area contributed by atoms with Crippen LogP contribution in [0.5, 0.6) is 11.5 Å². The summed E-state index contributed by atoms with van der Waals surface area (Å²) in [7, 11) is 1.57. The largest absolute Gasteiger partial charge is 0.493 e. The third-order valence-electron chi connectivity index (χ3n) is 4.64. The standard InChI is InChI=1S/C24H26ClN3O4/c1-4-8-17-11-12-20(21(14-17)30-3)31-16-23(29)28(13-5-2)15-22-26-27-24(32-22)18-9-6-7-10-19(18)25/h4,6-12,14H,5,13,15-16H2,1-3H3/b8-4+. The van der Waals surface area contributed by atoms with Crippen LogP contribution in [-0.4, -0.2) is 41.3 Å². The van der Waals surface area contributed by atoms with Crippen LogP contribution >= 0.6 is 11.6 Å². The Morgan fingerprint density at radius 3 is 2.72 bits per heavy atom. The number of methoxy groups -OCH3 is 1. The first-order valence-electron chi connectivity index (χ1n) is 10.3. The molecule has 8 heteroatoms. The molecule has 3 rings (SSSR count). The van der Waals surface area contributed by atoms with Crippen molar-refractivity contribution in [1.29, 1.82) is 0 Å². The van der Waals surface area contributed by atoms with Crippen LogP contribution in [-0.2, 0) is 11.3 Å². The van der Waals surface area contributed by atoms with E-state index in [2.05, 4.69) is 10.2 Å². The minimum atomic E-state index is -0.191. The van der Waals surface area contributed by atoms with Crippen molar-refractivity contribution in [3.8, 4) is 23.0 Å². The Hall–Kier alpha value is -3.32. The molecular weight excluding hydrogens is 430 g/mol. The fourth-order valence-electron chi connectivity index (χ4n) is 3.12. The minimum absolute atomic E-state index is 0.134. The zero-order chi connectivity index (χ0) is 22.9. The molecule has 0 aliphatic heterocycles. The van der Waals surface area contributed by atoms with Crippen LogP contribution in [0.4, 0.5) is 0 Å². The van der Waals surface area contributed by atoms with Crippen molar-refractivity contribution in [3.63, 3.8) is 0 Å². The van der Waals surface area contributed by atoms with E-state index in [9.17, 15) is 4.79 Å². The highest BCUT2D eigenvalue weighted by Gasteiger charge is 2.19. The Morgan fingerprint density at radius 1 is 1.19 bits per heavy atom. The molecule has 0 radical (unpaired) electrons. The van der Waals surface area contributed by atoms with Gasteiger partial charge in [-0.2, -0.15) is 0 Å². The maximum Gasteiger partial charge on any atom is 0.260 e. The second kappa shape index (κ2) is 11.3. The van der Waals surface area contributed by atoms with Gasteiger partial charge in [0.25, 0.3) is 5.91 Å². The van der Waals surface area contributed by atoms with Gasteiger partial charge in [0.05, 0.1) is 24.2 Å². The van der Waals surface area contributed by atoms with Crippen LogP contribution in [0.2, 0.25) is 5.02 Å². The maximum atomic E-state index is 12.8. The van der Waals surface area contributed by atoms with Gasteiger partial charge in [0, 0.05) is 6.54 Å². The average molecular weight is 456 g/mol. The smallest absolute Gasteiger partial charge is 0.260 e. The fraction of sp³-hybridized carbons (Fsp3) is 0.292. The highest BCUT2D eigenvalue weighted by molar-refractivity contribution is 6.33. The summed E-state index contributed by atoms with van der Waals surface area (Å²) in [5.74, 6) is 1.52. The Morgan fingerprint density at radius 2 is 2.00 bits per heavy atom. The summed E-state index contributed by atoms with van der Waals surface area (Å²) >= 11 is 6.20. The monoisotopic (exact) mass is 455 g/mol. The predicted octanol–water partition coefficient (Wildman–Crippen LogP) is 5.25. The summed E-state index contributed by atoms with van der Waals surface area (Å²) in [4.78, 5) is 14.5. The number of rotatable bonds is 10. The SMILES string of the molecule is C/C=C/c1ccc(OCC(=O)N(CCC)Cc2nnc(-c3ccccc3Cl)o2)c(OC)c1. The number of hydrogen-bond acceptors (Lipinski definition) is 6. The third kappa shape index (κ3) is 5.88. The summed E-state index contributed by atoms with van der Waals surface area (Å²) in [6.45, 7) is 4.52. The molecule has 1 amide bonds. The van der Waals surface area contributed by atoms with Gasteiger partial charge in [-0.15, -0.1) is 10.2 Å². The molecule has 0 bridgehead atoms. The van der Waals surface area contributed by atoms with Crippen LogP contribution in [0.3, 0.4) is 0 Å². The lowest BCUT2D eigenvalue weighted by molar-refractivity contribution is -0.134. The number of allylic oxidation sites excluding steroid dienone is 1. The molecule has 168 valence electrons. The Balaban J connectivity index is 1.67. The number of benzene rings is 2. The zero-order valence-electron chi connectivity index (χ0n) is 18.4. The summed E-state index contributed by atoms with van der Waals surface area (Å²) in [5, 5.41) is 8.66. The van der Waals surface area contributed by atoms with Gasteiger partial charge < -0.3 is 18.8 Å². The predicted molar refractivity (Wildman–Crippen MR) is 124 cm³/mol. The summed E-state index contributed by atoms with van der Waals surface area (Å²) < 4.78 is 16.9. The lowest BCUT2D eigenvalue weighted by atomic mass is 10.2. The van der Waals surface area contributed by atoms with Gasteiger partial charge >= 0.3 is 0 Å². The summed E-state index contributed by atoms with van der Waals surface area (Å²) in [5.41, 5.74) is 1.64. The number of nitrogens with zero attached hydrogens (tertiary/aromatic N) is 3. The number of amides is 1. The van der Waals surface area contributed by atoms with Gasteiger partial charge in [-0.25, -0.2) is 0 Å². The van der Waals surface area contributed by atoms with Gasteiger partial charge in [0.15, 0.2) is 18.1 Å².